The van der Waals surface area contributed by atoms with E-state index in [1.165, 1.54) is 10.9 Å². The third kappa shape index (κ3) is 3.80. The van der Waals surface area contributed by atoms with Crippen LogP contribution in [0, 0.1) is 13.8 Å². The highest BCUT2D eigenvalue weighted by Gasteiger charge is 2.16. The fraction of sp³-hybridized carbons (Fsp3) is 0.176. The molecule has 0 unspecified atom stereocenters. The molecule has 3 aromatic rings. The average molecular weight is 342 g/mol. The first-order valence-electron chi connectivity index (χ1n) is 7.46. The van der Waals surface area contributed by atoms with E-state index in [4.69, 9.17) is 0 Å². The van der Waals surface area contributed by atoms with Crippen LogP contribution >= 0.6 is 0 Å². The zero-order valence-electron chi connectivity index (χ0n) is 13.5. The SMILES string of the molecule is Cc1cccc(CS(=O)(=O)Nc2ccnn2-c2cc(C)ccn2)c1. The van der Waals surface area contributed by atoms with E-state index in [-0.39, 0.29) is 5.75 Å². The second kappa shape index (κ2) is 6.45. The Morgan fingerprint density at radius 3 is 2.58 bits per heavy atom. The summed E-state index contributed by atoms with van der Waals surface area (Å²) in [6.07, 6.45) is 3.20. The molecule has 0 amide bonds. The number of pyridine rings is 1. The van der Waals surface area contributed by atoms with Gasteiger partial charge in [0.25, 0.3) is 0 Å². The van der Waals surface area contributed by atoms with Gasteiger partial charge in [-0.25, -0.2) is 13.4 Å². The van der Waals surface area contributed by atoms with E-state index in [1.807, 2.05) is 44.2 Å². The first-order valence-corrected chi connectivity index (χ1v) is 9.11. The van der Waals surface area contributed by atoms with Crippen LogP contribution in [-0.4, -0.2) is 23.2 Å². The van der Waals surface area contributed by atoms with Gasteiger partial charge in [-0.2, -0.15) is 9.78 Å². The zero-order chi connectivity index (χ0) is 17.2. The molecule has 3 rings (SSSR count). The second-order valence-corrected chi connectivity index (χ2v) is 7.39. The van der Waals surface area contributed by atoms with E-state index in [0.717, 1.165) is 16.7 Å². The van der Waals surface area contributed by atoms with E-state index < -0.39 is 10.0 Å². The van der Waals surface area contributed by atoms with Gasteiger partial charge in [0.1, 0.15) is 5.82 Å². The fourth-order valence-electron chi connectivity index (χ4n) is 2.42. The standard InChI is InChI=1S/C17H18N4O2S/c1-13-4-3-5-15(10-13)12-24(22,23)20-16-7-9-19-21(16)17-11-14(2)6-8-18-17/h3-11,20H,12H2,1-2H3. The highest BCUT2D eigenvalue weighted by atomic mass is 32.2. The van der Waals surface area contributed by atoms with Crippen LogP contribution in [-0.2, 0) is 15.8 Å². The molecular weight excluding hydrogens is 324 g/mol. The molecule has 124 valence electrons. The highest BCUT2D eigenvalue weighted by molar-refractivity contribution is 7.91. The number of hydrogen-bond donors (Lipinski definition) is 1. The number of benzene rings is 1. The van der Waals surface area contributed by atoms with Crippen molar-refractivity contribution < 1.29 is 8.42 Å². The summed E-state index contributed by atoms with van der Waals surface area (Å²) >= 11 is 0. The monoisotopic (exact) mass is 342 g/mol. The molecule has 7 heteroatoms. The normalized spacial score (nSPS) is 11.4. The van der Waals surface area contributed by atoms with Crippen molar-refractivity contribution in [3.8, 4) is 5.82 Å². The Morgan fingerprint density at radius 2 is 1.83 bits per heavy atom. The van der Waals surface area contributed by atoms with Crippen molar-refractivity contribution in [2.24, 2.45) is 0 Å². The van der Waals surface area contributed by atoms with Crippen molar-refractivity contribution in [3.05, 3.63) is 71.5 Å². The molecule has 1 N–H and O–H groups in total. The first kappa shape index (κ1) is 16.2. The van der Waals surface area contributed by atoms with Crippen LogP contribution in [0.25, 0.3) is 5.82 Å². The predicted octanol–water partition coefficient (Wildman–Crippen LogP) is 2.83. The Kier molecular flexibility index (Phi) is 4.35. The maximum Gasteiger partial charge on any atom is 0.238 e. The van der Waals surface area contributed by atoms with Gasteiger partial charge < -0.3 is 0 Å². The van der Waals surface area contributed by atoms with Crippen LogP contribution in [0.15, 0.2) is 54.9 Å². The van der Waals surface area contributed by atoms with Gasteiger partial charge in [0.2, 0.25) is 10.0 Å². The molecule has 2 aromatic heterocycles. The molecule has 0 aliphatic heterocycles. The van der Waals surface area contributed by atoms with Crippen molar-refractivity contribution in [1.29, 1.82) is 0 Å². The van der Waals surface area contributed by atoms with Gasteiger partial charge in [-0.1, -0.05) is 29.8 Å². The van der Waals surface area contributed by atoms with E-state index in [2.05, 4.69) is 14.8 Å². The smallest absolute Gasteiger partial charge is 0.238 e. The van der Waals surface area contributed by atoms with Gasteiger partial charge in [0, 0.05) is 12.3 Å². The third-order valence-corrected chi connectivity index (χ3v) is 4.69. The molecule has 0 aliphatic carbocycles. The maximum atomic E-state index is 12.5. The van der Waals surface area contributed by atoms with Crippen molar-refractivity contribution in [1.82, 2.24) is 14.8 Å². The fourth-order valence-corrected chi connectivity index (χ4v) is 3.58. The van der Waals surface area contributed by atoms with Gasteiger partial charge >= 0.3 is 0 Å². The summed E-state index contributed by atoms with van der Waals surface area (Å²) in [6.45, 7) is 3.87. The van der Waals surface area contributed by atoms with Crippen molar-refractivity contribution >= 4 is 15.8 Å². The maximum absolute atomic E-state index is 12.5. The minimum Gasteiger partial charge on any atom is -0.267 e. The number of nitrogens with one attached hydrogen (secondary N) is 1. The number of sulfonamides is 1. The number of rotatable bonds is 5. The predicted molar refractivity (Wildman–Crippen MR) is 93.5 cm³/mol. The summed E-state index contributed by atoms with van der Waals surface area (Å²) in [5, 5.41) is 4.16. The molecule has 0 fully saturated rings. The van der Waals surface area contributed by atoms with Gasteiger partial charge in [-0.15, -0.1) is 0 Å². The number of anilines is 1. The van der Waals surface area contributed by atoms with Crippen LogP contribution in [0.2, 0.25) is 0 Å². The molecule has 0 saturated heterocycles. The lowest BCUT2D eigenvalue weighted by molar-refractivity contribution is 0.600. The molecule has 0 aliphatic rings. The van der Waals surface area contributed by atoms with Crippen LogP contribution in [0.4, 0.5) is 5.82 Å². The van der Waals surface area contributed by atoms with Crippen molar-refractivity contribution in [2.75, 3.05) is 4.72 Å². The van der Waals surface area contributed by atoms with Gasteiger partial charge in [0.05, 0.1) is 11.9 Å². The Labute approximate surface area is 141 Å². The summed E-state index contributed by atoms with van der Waals surface area (Å²) in [5.74, 6) is 0.829. The molecule has 24 heavy (non-hydrogen) atoms. The van der Waals surface area contributed by atoms with Crippen molar-refractivity contribution in [2.45, 2.75) is 19.6 Å². The lowest BCUT2D eigenvalue weighted by atomic mass is 10.2. The van der Waals surface area contributed by atoms with Crippen LogP contribution in [0.3, 0.4) is 0 Å². The number of aryl methyl sites for hydroxylation is 2. The zero-order valence-corrected chi connectivity index (χ0v) is 14.3. The Hall–Kier alpha value is -2.67. The quantitative estimate of drug-likeness (QED) is 0.773. The lowest BCUT2D eigenvalue weighted by Gasteiger charge is -2.10. The molecule has 1 aromatic carbocycles. The Balaban J connectivity index is 1.85. The van der Waals surface area contributed by atoms with E-state index in [1.54, 1.807) is 18.3 Å². The highest BCUT2D eigenvalue weighted by Crippen LogP contribution is 2.17. The van der Waals surface area contributed by atoms with E-state index >= 15 is 0 Å². The third-order valence-electron chi connectivity index (χ3n) is 3.46. The summed E-state index contributed by atoms with van der Waals surface area (Å²) < 4.78 is 29.0. The Bertz CT molecular complexity index is 964. The van der Waals surface area contributed by atoms with Gasteiger partial charge in [0.15, 0.2) is 5.82 Å². The first-order chi connectivity index (χ1) is 11.4. The number of aromatic nitrogens is 3. The summed E-state index contributed by atoms with van der Waals surface area (Å²) in [4.78, 5) is 4.23. The van der Waals surface area contributed by atoms with E-state index in [9.17, 15) is 8.42 Å². The molecule has 6 nitrogen and oxygen atoms in total. The van der Waals surface area contributed by atoms with E-state index in [0.29, 0.717) is 11.6 Å². The molecule has 0 bridgehead atoms. The van der Waals surface area contributed by atoms with Crippen LogP contribution in [0.1, 0.15) is 16.7 Å². The molecule has 0 spiro atoms. The number of hydrogen-bond acceptors (Lipinski definition) is 4. The summed E-state index contributed by atoms with van der Waals surface area (Å²) in [6, 6.07) is 12.8. The van der Waals surface area contributed by atoms with Crippen LogP contribution in [0.5, 0.6) is 0 Å². The minimum atomic E-state index is -3.55. The molecular formula is C17H18N4O2S. The Morgan fingerprint density at radius 1 is 1.04 bits per heavy atom. The minimum absolute atomic E-state index is 0.0961. The topological polar surface area (TPSA) is 76.9 Å². The second-order valence-electron chi connectivity index (χ2n) is 5.67. The molecule has 0 radical (unpaired) electrons. The number of nitrogens with zero attached hydrogens (tertiary/aromatic N) is 3. The van der Waals surface area contributed by atoms with Gasteiger partial charge in [-0.3, -0.25) is 4.72 Å². The van der Waals surface area contributed by atoms with Crippen molar-refractivity contribution in [3.63, 3.8) is 0 Å². The largest absolute Gasteiger partial charge is 0.267 e. The molecule has 2 heterocycles. The lowest BCUT2D eigenvalue weighted by Crippen LogP contribution is -2.18. The summed E-state index contributed by atoms with van der Waals surface area (Å²) in [7, 11) is -3.55. The van der Waals surface area contributed by atoms with Crippen LogP contribution < -0.4 is 4.72 Å². The average Bonchev–Trinajstić information content (AvgIpc) is 2.94. The summed E-state index contributed by atoms with van der Waals surface area (Å²) in [5.41, 5.74) is 2.78. The molecule has 0 saturated carbocycles. The van der Waals surface area contributed by atoms with Gasteiger partial charge in [-0.05, 0) is 37.1 Å². The molecule has 0 atom stereocenters.